The molecule has 0 aliphatic carbocycles. The highest BCUT2D eigenvalue weighted by Crippen LogP contribution is 2.32. The van der Waals surface area contributed by atoms with Gasteiger partial charge < -0.3 is 10.7 Å². The Labute approximate surface area is 95.1 Å². The largest absolute Gasteiger partial charge is 0.383 e. The molecule has 0 fully saturated rings. The van der Waals surface area contributed by atoms with E-state index < -0.39 is 11.6 Å². The van der Waals surface area contributed by atoms with Crippen LogP contribution < -0.4 is 5.73 Å². The van der Waals surface area contributed by atoms with Crippen molar-refractivity contribution in [3.05, 3.63) is 35.7 Å². The third-order valence-electron chi connectivity index (χ3n) is 1.92. The molecule has 0 amide bonds. The van der Waals surface area contributed by atoms with E-state index in [-0.39, 0.29) is 0 Å². The number of nitrogens with zero attached hydrogens (tertiary/aromatic N) is 1. The number of aryl methyl sites for hydroxylation is 1. The number of anilines is 1. The van der Waals surface area contributed by atoms with Gasteiger partial charge in [-0.15, -0.1) is 0 Å². The van der Waals surface area contributed by atoms with E-state index in [4.69, 9.17) is 5.73 Å². The molecule has 6 heteroatoms. The monoisotopic (exact) mass is 241 g/mol. The molecule has 1 heterocycles. The summed E-state index contributed by atoms with van der Waals surface area (Å²) in [6.45, 7) is 1.75. The molecular formula is C10H9F2N3S. The van der Waals surface area contributed by atoms with Gasteiger partial charge in [-0.25, -0.2) is 13.8 Å². The quantitative estimate of drug-likeness (QED) is 0.850. The average molecular weight is 241 g/mol. The van der Waals surface area contributed by atoms with Crippen molar-refractivity contribution in [3.63, 3.8) is 0 Å². The standard InChI is InChI=1S/C10H9F2N3S/c1-5-14-9(13)10(15-5)16-8-3-2-6(11)4-7(8)12/h2-4H,13H2,1H3,(H,14,15). The fourth-order valence-electron chi connectivity index (χ4n) is 1.23. The highest BCUT2D eigenvalue weighted by molar-refractivity contribution is 7.99. The van der Waals surface area contributed by atoms with E-state index in [0.29, 0.717) is 21.6 Å². The van der Waals surface area contributed by atoms with Crippen LogP contribution in [0.25, 0.3) is 0 Å². The minimum Gasteiger partial charge on any atom is -0.383 e. The van der Waals surface area contributed by atoms with Crippen molar-refractivity contribution >= 4 is 17.6 Å². The number of halogens is 2. The van der Waals surface area contributed by atoms with E-state index in [1.807, 2.05) is 0 Å². The highest BCUT2D eigenvalue weighted by atomic mass is 32.2. The minimum atomic E-state index is -0.620. The van der Waals surface area contributed by atoms with Crippen LogP contribution in [-0.4, -0.2) is 9.97 Å². The van der Waals surface area contributed by atoms with Crippen molar-refractivity contribution in [2.75, 3.05) is 5.73 Å². The number of imidazole rings is 1. The summed E-state index contributed by atoms with van der Waals surface area (Å²) in [5, 5.41) is 0.489. The number of hydrogen-bond donors (Lipinski definition) is 2. The van der Waals surface area contributed by atoms with Gasteiger partial charge in [-0.1, -0.05) is 11.8 Å². The Hall–Kier alpha value is -1.56. The second-order valence-electron chi connectivity index (χ2n) is 3.22. The molecule has 3 nitrogen and oxygen atoms in total. The molecule has 84 valence electrons. The Bertz CT molecular complexity index is 525. The van der Waals surface area contributed by atoms with Crippen LogP contribution in [0.5, 0.6) is 0 Å². The van der Waals surface area contributed by atoms with Gasteiger partial charge in [0.1, 0.15) is 28.3 Å². The van der Waals surface area contributed by atoms with E-state index in [2.05, 4.69) is 9.97 Å². The van der Waals surface area contributed by atoms with Crippen LogP contribution in [0.4, 0.5) is 14.6 Å². The third kappa shape index (κ3) is 2.16. The Morgan fingerprint density at radius 3 is 2.69 bits per heavy atom. The summed E-state index contributed by atoms with van der Waals surface area (Å²) in [5.41, 5.74) is 5.63. The second-order valence-corrected chi connectivity index (χ2v) is 4.25. The van der Waals surface area contributed by atoms with Crippen molar-refractivity contribution in [2.45, 2.75) is 16.8 Å². The topological polar surface area (TPSA) is 54.7 Å². The Morgan fingerprint density at radius 1 is 1.38 bits per heavy atom. The number of hydrogen-bond acceptors (Lipinski definition) is 3. The Morgan fingerprint density at radius 2 is 2.12 bits per heavy atom. The normalized spacial score (nSPS) is 10.7. The molecule has 1 aromatic heterocycles. The van der Waals surface area contributed by atoms with Crippen LogP contribution in [0.1, 0.15) is 5.82 Å². The molecule has 0 atom stereocenters. The first-order valence-electron chi connectivity index (χ1n) is 4.51. The number of benzene rings is 1. The first kappa shape index (κ1) is 10.9. The molecule has 0 saturated heterocycles. The summed E-state index contributed by atoms with van der Waals surface area (Å²) in [4.78, 5) is 7.19. The summed E-state index contributed by atoms with van der Waals surface area (Å²) >= 11 is 1.06. The van der Waals surface area contributed by atoms with Crippen LogP contribution in [0, 0.1) is 18.6 Å². The summed E-state index contributed by atoms with van der Waals surface area (Å²) in [5.74, 6) is -0.188. The Balaban J connectivity index is 2.30. The minimum absolute atomic E-state index is 0.291. The van der Waals surface area contributed by atoms with E-state index in [0.717, 1.165) is 17.8 Å². The van der Waals surface area contributed by atoms with E-state index >= 15 is 0 Å². The van der Waals surface area contributed by atoms with Crippen LogP contribution >= 0.6 is 11.8 Å². The zero-order chi connectivity index (χ0) is 11.7. The zero-order valence-corrected chi connectivity index (χ0v) is 9.24. The average Bonchev–Trinajstić information content (AvgIpc) is 2.50. The van der Waals surface area contributed by atoms with Gasteiger partial charge in [0.05, 0.1) is 0 Å². The highest BCUT2D eigenvalue weighted by Gasteiger charge is 2.10. The van der Waals surface area contributed by atoms with Crippen molar-refractivity contribution in [1.29, 1.82) is 0 Å². The third-order valence-corrected chi connectivity index (χ3v) is 2.97. The van der Waals surface area contributed by atoms with Crippen molar-refractivity contribution < 1.29 is 8.78 Å². The summed E-state index contributed by atoms with van der Waals surface area (Å²) in [6, 6.07) is 3.39. The maximum Gasteiger partial charge on any atom is 0.143 e. The summed E-state index contributed by atoms with van der Waals surface area (Å²) in [6.07, 6.45) is 0. The van der Waals surface area contributed by atoms with Crippen molar-refractivity contribution in [2.24, 2.45) is 0 Å². The molecule has 2 rings (SSSR count). The van der Waals surface area contributed by atoms with Gasteiger partial charge in [-0.2, -0.15) is 0 Å². The zero-order valence-electron chi connectivity index (χ0n) is 8.42. The van der Waals surface area contributed by atoms with Gasteiger partial charge in [-0.3, -0.25) is 0 Å². The lowest BCUT2D eigenvalue weighted by molar-refractivity contribution is 0.565. The van der Waals surface area contributed by atoms with Crippen molar-refractivity contribution in [1.82, 2.24) is 9.97 Å². The second kappa shape index (κ2) is 4.13. The molecule has 16 heavy (non-hydrogen) atoms. The molecule has 0 aliphatic heterocycles. The van der Waals surface area contributed by atoms with Crippen LogP contribution in [0.3, 0.4) is 0 Å². The number of aromatic amines is 1. The number of nitrogens with one attached hydrogen (secondary N) is 1. The lowest BCUT2D eigenvalue weighted by atomic mass is 10.3. The SMILES string of the molecule is Cc1nc(Sc2ccc(F)cc2F)c(N)[nH]1. The number of nitrogen functional groups attached to an aromatic ring is 1. The van der Waals surface area contributed by atoms with Crippen LogP contribution in [0.2, 0.25) is 0 Å². The predicted molar refractivity (Wildman–Crippen MR) is 58.2 cm³/mol. The van der Waals surface area contributed by atoms with Gasteiger partial charge in [0.2, 0.25) is 0 Å². The van der Waals surface area contributed by atoms with Gasteiger partial charge >= 0.3 is 0 Å². The molecule has 0 unspecified atom stereocenters. The first-order chi connectivity index (χ1) is 7.56. The Kier molecular flexibility index (Phi) is 2.82. The molecule has 0 radical (unpaired) electrons. The van der Waals surface area contributed by atoms with Crippen molar-refractivity contribution in [3.8, 4) is 0 Å². The van der Waals surface area contributed by atoms with Gasteiger partial charge in [0, 0.05) is 11.0 Å². The smallest absolute Gasteiger partial charge is 0.143 e. The fraction of sp³-hybridized carbons (Fsp3) is 0.100. The molecule has 0 bridgehead atoms. The predicted octanol–water partition coefficient (Wildman–Crippen LogP) is 2.73. The molecule has 0 saturated carbocycles. The maximum atomic E-state index is 13.3. The number of aromatic nitrogens is 2. The lowest BCUT2D eigenvalue weighted by Crippen LogP contribution is -1.88. The number of H-pyrrole nitrogens is 1. The van der Waals surface area contributed by atoms with Crippen LogP contribution in [0.15, 0.2) is 28.1 Å². The maximum absolute atomic E-state index is 13.3. The molecule has 1 aromatic carbocycles. The van der Waals surface area contributed by atoms with Gasteiger partial charge in [0.25, 0.3) is 0 Å². The molecule has 0 spiro atoms. The summed E-state index contributed by atoms with van der Waals surface area (Å²) in [7, 11) is 0. The molecular weight excluding hydrogens is 232 g/mol. The van der Waals surface area contributed by atoms with Gasteiger partial charge in [-0.05, 0) is 19.1 Å². The number of rotatable bonds is 2. The lowest BCUT2D eigenvalue weighted by Gasteiger charge is -2.00. The number of nitrogens with two attached hydrogens (primary N) is 1. The fourth-order valence-corrected chi connectivity index (χ4v) is 2.07. The molecule has 0 aliphatic rings. The van der Waals surface area contributed by atoms with Gasteiger partial charge in [0.15, 0.2) is 0 Å². The molecule has 2 aromatic rings. The van der Waals surface area contributed by atoms with E-state index in [1.165, 1.54) is 12.1 Å². The van der Waals surface area contributed by atoms with E-state index in [1.54, 1.807) is 6.92 Å². The first-order valence-corrected chi connectivity index (χ1v) is 5.33. The van der Waals surface area contributed by atoms with Crippen LogP contribution in [-0.2, 0) is 0 Å². The summed E-state index contributed by atoms with van der Waals surface area (Å²) < 4.78 is 26.0. The molecule has 3 N–H and O–H groups in total. The van der Waals surface area contributed by atoms with E-state index in [9.17, 15) is 8.78 Å².